The van der Waals surface area contributed by atoms with Crippen LogP contribution < -0.4 is 5.32 Å². The zero-order valence-corrected chi connectivity index (χ0v) is 11.3. The summed E-state index contributed by atoms with van der Waals surface area (Å²) in [6, 6.07) is 3.43. The number of urea groups is 2. The molecule has 0 radical (unpaired) electrons. The molecule has 1 N–H and O–H groups in total. The van der Waals surface area contributed by atoms with Crippen LogP contribution in [-0.2, 0) is 0 Å². The van der Waals surface area contributed by atoms with E-state index in [4.69, 9.17) is 0 Å². The predicted molar refractivity (Wildman–Crippen MR) is 73.0 cm³/mol. The Hall–Kier alpha value is -2.11. The number of hydrogen-bond donors (Lipinski definition) is 1. The summed E-state index contributed by atoms with van der Waals surface area (Å²) in [4.78, 5) is 31.5. The molecule has 3 heterocycles. The number of hydrogen-bond acceptors (Lipinski definition) is 3. The second kappa shape index (κ2) is 5.48. The van der Waals surface area contributed by atoms with Crippen molar-refractivity contribution in [2.75, 3.05) is 19.6 Å². The summed E-state index contributed by atoms with van der Waals surface area (Å²) in [6.07, 6.45) is 6.53. The molecular formula is C14H18N4O2. The molecule has 0 bridgehead atoms. The van der Waals surface area contributed by atoms with E-state index >= 15 is 0 Å². The Balaban J connectivity index is 1.82. The van der Waals surface area contributed by atoms with Gasteiger partial charge in [-0.3, -0.25) is 4.98 Å². The molecule has 6 heteroatoms. The lowest BCUT2D eigenvalue weighted by atomic mass is 9.97. The van der Waals surface area contributed by atoms with Crippen molar-refractivity contribution in [1.29, 1.82) is 0 Å². The number of aromatic nitrogens is 1. The van der Waals surface area contributed by atoms with Gasteiger partial charge in [-0.25, -0.2) is 14.5 Å². The molecule has 0 saturated carbocycles. The maximum atomic E-state index is 12.6. The SMILES string of the molecule is O=C1NCCN1C(=O)N1CCCC[C@@H]1c1cccnc1. The molecule has 0 aromatic carbocycles. The van der Waals surface area contributed by atoms with E-state index in [1.165, 1.54) is 4.90 Å². The van der Waals surface area contributed by atoms with Gasteiger partial charge in [0.25, 0.3) is 0 Å². The van der Waals surface area contributed by atoms with Crippen LogP contribution in [0.3, 0.4) is 0 Å². The molecule has 1 atom stereocenters. The molecule has 3 rings (SSSR count). The zero-order chi connectivity index (χ0) is 13.9. The van der Waals surface area contributed by atoms with E-state index in [2.05, 4.69) is 10.3 Å². The van der Waals surface area contributed by atoms with Crippen LogP contribution in [-0.4, -0.2) is 46.5 Å². The number of pyridine rings is 1. The van der Waals surface area contributed by atoms with Gasteiger partial charge < -0.3 is 10.2 Å². The van der Waals surface area contributed by atoms with Crippen LogP contribution in [0.1, 0.15) is 30.9 Å². The molecule has 0 unspecified atom stereocenters. The first-order valence-electron chi connectivity index (χ1n) is 7.03. The van der Waals surface area contributed by atoms with Gasteiger partial charge >= 0.3 is 12.1 Å². The lowest BCUT2D eigenvalue weighted by Gasteiger charge is -2.37. The predicted octanol–water partition coefficient (Wildman–Crippen LogP) is 1.75. The molecule has 2 aliphatic heterocycles. The van der Waals surface area contributed by atoms with Crippen LogP contribution >= 0.6 is 0 Å². The van der Waals surface area contributed by atoms with Crippen molar-refractivity contribution in [2.45, 2.75) is 25.3 Å². The van der Waals surface area contributed by atoms with E-state index in [1.54, 1.807) is 12.4 Å². The molecule has 2 saturated heterocycles. The van der Waals surface area contributed by atoms with Gasteiger partial charge in [0, 0.05) is 32.0 Å². The molecule has 106 valence electrons. The summed E-state index contributed by atoms with van der Waals surface area (Å²) < 4.78 is 0. The molecule has 0 spiro atoms. The Morgan fingerprint density at radius 3 is 2.95 bits per heavy atom. The number of likely N-dealkylation sites (tertiary alicyclic amines) is 1. The second-order valence-electron chi connectivity index (χ2n) is 5.16. The molecule has 4 amide bonds. The Labute approximate surface area is 117 Å². The number of amides is 4. The fourth-order valence-electron chi connectivity index (χ4n) is 2.89. The summed E-state index contributed by atoms with van der Waals surface area (Å²) in [5.74, 6) is 0. The normalized spacial score (nSPS) is 22.8. The lowest BCUT2D eigenvalue weighted by Crippen LogP contribution is -2.48. The molecule has 1 aromatic heterocycles. The molecule has 2 aliphatic rings. The zero-order valence-electron chi connectivity index (χ0n) is 11.3. The third-order valence-electron chi connectivity index (χ3n) is 3.91. The molecule has 1 aromatic rings. The maximum absolute atomic E-state index is 12.6. The van der Waals surface area contributed by atoms with Gasteiger partial charge in [0.2, 0.25) is 0 Å². The minimum atomic E-state index is -0.287. The number of piperidine rings is 1. The topological polar surface area (TPSA) is 65.5 Å². The first kappa shape index (κ1) is 12.9. The smallest absolute Gasteiger partial charge is 0.328 e. The number of carbonyl (C=O) groups excluding carboxylic acids is 2. The van der Waals surface area contributed by atoms with E-state index < -0.39 is 0 Å². The average molecular weight is 274 g/mol. The van der Waals surface area contributed by atoms with Gasteiger partial charge in [-0.15, -0.1) is 0 Å². The third-order valence-corrected chi connectivity index (χ3v) is 3.91. The van der Waals surface area contributed by atoms with Gasteiger partial charge in [0.1, 0.15) is 0 Å². The van der Waals surface area contributed by atoms with Gasteiger partial charge in [0.05, 0.1) is 6.04 Å². The number of nitrogens with one attached hydrogen (secondary N) is 1. The summed E-state index contributed by atoms with van der Waals surface area (Å²) in [6.45, 7) is 1.69. The van der Waals surface area contributed by atoms with Crippen LogP contribution in [0.4, 0.5) is 9.59 Å². The fraction of sp³-hybridized carbons (Fsp3) is 0.500. The standard InChI is InChI=1S/C14H18N4O2/c19-13-16-7-9-18(13)14(20)17-8-2-1-5-12(17)11-4-3-6-15-10-11/h3-4,6,10,12H,1-2,5,7-9H2,(H,16,19)/t12-/m1/s1. The van der Waals surface area contributed by atoms with Crippen molar-refractivity contribution in [3.8, 4) is 0 Å². The Morgan fingerprint density at radius 2 is 2.25 bits per heavy atom. The molecule has 0 aliphatic carbocycles. The van der Waals surface area contributed by atoms with Crippen LogP contribution in [0.15, 0.2) is 24.5 Å². The lowest BCUT2D eigenvalue weighted by molar-refractivity contribution is 0.126. The number of carbonyl (C=O) groups is 2. The summed E-state index contributed by atoms with van der Waals surface area (Å²) in [5.41, 5.74) is 1.04. The van der Waals surface area contributed by atoms with Gasteiger partial charge in [-0.05, 0) is 30.9 Å². The molecule has 6 nitrogen and oxygen atoms in total. The van der Waals surface area contributed by atoms with E-state index in [1.807, 2.05) is 17.0 Å². The van der Waals surface area contributed by atoms with Crippen LogP contribution in [0, 0.1) is 0 Å². The van der Waals surface area contributed by atoms with Gasteiger partial charge in [-0.2, -0.15) is 0 Å². The van der Waals surface area contributed by atoms with Crippen molar-refractivity contribution < 1.29 is 9.59 Å². The molecule has 2 fully saturated rings. The van der Waals surface area contributed by atoms with E-state index in [0.29, 0.717) is 19.6 Å². The van der Waals surface area contributed by atoms with Crippen LogP contribution in [0.2, 0.25) is 0 Å². The van der Waals surface area contributed by atoms with Crippen LogP contribution in [0.5, 0.6) is 0 Å². The summed E-state index contributed by atoms with van der Waals surface area (Å²) in [7, 11) is 0. The Kier molecular flexibility index (Phi) is 3.54. The average Bonchev–Trinajstić information content (AvgIpc) is 2.93. The fourth-order valence-corrected chi connectivity index (χ4v) is 2.89. The number of imide groups is 1. The summed E-state index contributed by atoms with van der Waals surface area (Å²) in [5, 5.41) is 2.67. The third kappa shape index (κ3) is 2.33. The second-order valence-corrected chi connectivity index (χ2v) is 5.16. The highest BCUT2D eigenvalue weighted by Crippen LogP contribution is 2.31. The minimum Gasteiger partial charge on any atom is -0.336 e. The highest BCUT2D eigenvalue weighted by molar-refractivity contribution is 5.95. The van der Waals surface area contributed by atoms with E-state index in [-0.39, 0.29) is 18.1 Å². The van der Waals surface area contributed by atoms with Gasteiger partial charge in [-0.1, -0.05) is 6.07 Å². The van der Waals surface area contributed by atoms with Crippen molar-refractivity contribution in [2.24, 2.45) is 0 Å². The monoisotopic (exact) mass is 274 g/mol. The first-order valence-corrected chi connectivity index (χ1v) is 7.03. The van der Waals surface area contributed by atoms with E-state index in [0.717, 1.165) is 24.8 Å². The number of nitrogens with zero attached hydrogens (tertiary/aromatic N) is 3. The van der Waals surface area contributed by atoms with E-state index in [9.17, 15) is 9.59 Å². The highest BCUT2D eigenvalue weighted by atomic mass is 16.2. The Morgan fingerprint density at radius 1 is 1.35 bits per heavy atom. The molecular weight excluding hydrogens is 256 g/mol. The summed E-state index contributed by atoms with van der Waals surface area (Å²) >= 11 is 0. The molecule has 20 heavy (non-hydrogen) atoms. The van der Waals surface area contributed by atoms with Crippen LogP contribution in [0.25, 0.3) is 0 Å². The largest absolute Gasteiger partial charge is 0.336 e. The van der Waals surface area contributed by atoms with Crippen molar-refractivity contribution in [3.05, 3.63) is 30.1 Å². The highest BCUT2D eigenvalue weighted by Gasteiger charge is 2.35. The maximum Gasteiger partial charge on any atom is 0.328 e. The number of rotatable bonds is 1. The van der Waals surface area contributed by atoms with Gasteiger partial charge in [0.15, 0.2) is 0 Å². The van der Waals surface area contributed by atoms with Crippen molar-refractivity contribution in [1.82, 2.24) is 20.1 Å². The Bertz CT molecular complexity index is 505. The quantitative estimate of drug-likeness (QED) is 0.848. The minimum absolute atomic E-state index is 0.0262. The first-order chi connectivity index (χ1) is 9.77. The van der Waals surface area contributed by atoms with Crippen molar-refractivity contribution in [3.63, 3.8) is 0 Å². The van der Waals surface area contributed by atoms with Crippen molar-refractivity contribution >= 4 is 12.1 Å².